The van der Waals surface area contributed by atoms with E-state index in [1.165, 1.54) is 0 Å². The van der Waals surface area contributed by atoms with Crippen LogP contribution in [0.25, 0.3) is 36.9 Å². The molecule has 0 aliphatic carbocycles. The molecule has 0 unspecified atom stereocenters. The zero-order valence-electron chi connectivity index (χ0n) is 4.16. The minimum absolute atomic E-state index is 0. The van der Waals surface area contributed by atoms with Crippen molar-refractivity contribution in [2.45, 2.75) is 0 Å². The molecule has 0 rings (SSSR count). The molecule has 8 heavy (non-hydrogen) atoms. The first-order valence-corrected chi connectivity index (χ1v) is 2.94. The molecule has 0 aromatic heterocycles. The van der Waals surface area contributed by atoms with Crippen molar-refractivity contribution in [2.75, 3.05) is 0 Å². The van der Waals surface area contributed by atoms with Gasteiger partial charge in [0.25, 0.3) is 0 Å². The number of hydrogen-bond donors (Lipinski definition) is 0. The molecule has 0 fully saturated rings. The van der Waals surface area contributed by atoms with Gasteiger partial charge in [-0.25, -0.2) is 0 Å². The SMILES string of the molecule is [Cl][Pt].[NH2-].[NH2-].[NH2-].[NH2-].[NH2-].[NH2-]. The van der Waals surface area contributed by atoms with Gasteiger partial charge in [0, 0.05) is 0 Å². The van der Waals surface area contributed by atoms with Crippen LogP contribution in [0.15, 0.2) is 0 Å². The van der Waals surface area contributed by atoms with Crippen molar-refractivity contribution >= 4 is 9.42 Å². The molecule has 0 heterocycles. The first-order valence-electron chi connectivity index (χ1n) is 0.120. The van der Waals surface area contributed by atoms with Crippen molar-refractivity contribution in [2.24, 2.45) is 0 Å². The molecule has 0 aromatic rings. The van der Waals surface area contributed by atoms with Crippen molar-refractivity contribution in [1.29, 1.82) is 0 Å². The largest absolute Gasteiger partial charge is 0.693 e. The van der Waals surface area contributed by atoms with E-state index < -0.39 is 0 Å². The van der Waals surface area contributed by atoms with Crippen LogP contribution in [0.3, 0.4) is 0 Å². The molecule has 12 N–H and O–H groups in total. The summed E-state index contributed by atoms with van der Waals surface area (Å²) in [5.74, 6) is 0. The van der Waals surface area contributed by atoms with E-state index in [0.717, 1.165) is 0 Å². The fourth-order valence-electron chi connectivity index (χ4n) is 0. The Balaban J connectivity index is -0.000000000333. The first-order chi connectivity index (χ1) is 1.00. The van der Waals surface area contributed by atoms with Gasteiger partial charge in [-0.05, 0) is 0 Å². The Bertz CT molecular complexity index is 8.49. The maximum absolute atomic E-state index is 4.61. The standard InChI is InChI=1S/ClH.6H2N.Pt/h1H;6*1H2;/q;6*-1;+1/p-1. The third-order valence-electron chi connectivity index (χ3n) is 0. The van der Waals surface area contributed by atoms with Gasteiger partial charge in [0.2, 0.25) is 0 Å². The average molecular weight is 327 g/mol. The molecule has 0 atom stereocenters. The maximum atomic E-state index is 4.61. The second-order valence-corrected chi connectivity index (χ2v) is 0. The van der Waals surface area contributed by atoms with Crippen molar-refractivity contribution in [3.05, 3.63) is 36.9 Å². The second-order valence-electron chi connectivity index (χ2n) is 0. The summed E-state index contributed by atoms with van der Waals surface area (Å²) in [6, 6.07) is 0. The summed E-state index contributed by atoms with van der Waals surface area (Å²) in [5.41, 5.74) is 0. The molecule has 0 saturated heterocycles. The van der Waals surface area contributed by atoms with E-state index in [9.17, 15) is 0 Å². The summed E-state index contributed by atoms with van der Waals surface area (Å²) in [7, 11) is 4.61. The molecule has 0 aromatic carbocycles. The van der Waals surface area contributed by atoms with Gasteiger partial charge in [-0.2, -0.15) is 0 Å². The van der Waals surface area contributed by atoms with Crippen molar-refractivity contribution in [3.8, 4) is 0 Å². The van der Waals surface area contributed by atoms with E-state index >= 15 is 0 Å². The quantitative estimate of drug-likeness (QED) is 0.577. The Kier molecular flexibility index (Phi) is 14000. The third kappa shape index (κ3) is 407. The van der Waals surface area contributed by atoms with Crippen LogP contribution in [0.4, 0.5) is 0 Å². The molecule has 0 bridgehead atoms. The summed E-state index contributed by atoms with van der Waals surface area (Å²) in [4.78, 5) is 0. The van der Waals surface area contributed by atoms with Gasteiger partial charge in [-0.15, -0.1) is 0 Å². The van der Waals surface area contributed by atoms with Crippen LogP contribution in [0.1, 0.15) is 0 Å². The van der Waals surface area contributed by atoms with E-state index in [-0.39, 0.29) is 36.9 Å². The molecule has 0 amide bonds. The van der Waals surface area contributed by atoms with Gasteiger partial charge in [-0.1, -0.05) is 0 Å². The fourth-order valence-corrected chi connectivity index (χ4v) is 0. The van der Waals surface area contributed by atoms with E-state index in [1.54, 1.807) is 18.8 Å². The Morgan fingerprint density at radius 2 is 0.500 bits per heavy atom. The predicted molar refractivity (Wildman–Crippen MR) is 37.6 cm³/mol. The van der Waals surface area contributed by atoms with E-state index in [2.05, 4.69) is 9.42 Å². The molecule has 0 saturated carbocycles. The molecule has 8 heteroatoms. The summed E-state index contributed by atoms with van der Waals surface area (Å²) in [6.07, 6.45) is 0. The minimum atomic E-state index is 0. The first kappa shape index (κ1) is 173. The van der Waals surface area contributed by atoms with Gasteiger partial charge in [0.1, 0.15) is 0 Å². The second kappa shape index (κ2) is 645. The van der Waals surface area contributed by atoms with Crippen LogP contribution in [0.2, 0.25) is 0 Å². The zero-order valence-corrected chi connectivity index (χ0v) is 7.19. The summed E-state index contributed by atoms with van der Waals surface area (Å²) >= 11 is 1.61. The Labute approximate surface area is 65.4 Å². The number of rotatable bonds is 0. The third-order valence-corrected chi connectivity index (χ3v) is 0. The molecular weight excluding hydrogens is 315 g/mol. The molecule has 6 nitrogen and oxygen atoms in total. The van der Waals surface area contributed by atoms with Crippen LogP contribution in [-0.2, 0) is 18.8 Å². The average Bonchev–Trinajstić information content (AvgIpc) is 1.00. The summed E-state index contributed by atoms with van der Waals surface area (Å²) in [6.45, 7) is 0. The number of halogens is 1. The van der Waals surface area contributed by atoms with Crippen molar-refractivity contribution in [3.63, 3.8) is 0 Å². The summed E-state index contributed by atoms with van der Waals surface area (Å²) < 4.78 is 0. The Morgan fingerprint density at radius 3 is 0.500 bits per heavy atom. The molecular formula is H12ClN6Pt-6. The smallest absolute Gasteiger partial charge is 0.693 e. The predicted octanol–water partition coefficient (Wildman–Crippen LogP) is 4.99. The Hall–Kier alpha value is 0.738. The topological polar surface area (TPSA) is 201 Å². The normalized spacial score (nSPS) is 0.875. The van der Waals surface area contributed by atoms with Crippen LogP contribution in [0, 0.1) is 0 Å². The van der Waals surface area contributed by atoms with Gasteiger partial charge >= 0.3 is 28.2 Å². The molecule has 0 aliphatic heterocycles. The molecule has 0 aliphatic rings. The zero-order chi connectivity index (χ0) is 2.00. The minimum Gasteiger partial charge on any atom is -0.693 e. The van der Waals surface area contributed by atoms with Crippen LogP contribution in [-0.4, -0.2) is 0 Å². The Morgan fingerprint density at radius 1 is 0.500 bits per heavy atom. The van der Waals surface area contributed by atoms with Crippen LogP contribution >= 0.6 is 9.42 Å². The number of nitrogens with two attached hydrogens (primary N) is 6. The van der Waals surface area contributed by atoms with E-state index in [0.29, 0.717) is 0 Å². The van der Waals surface area contributed by atoms with E-state index in [4.69, 9.17) is 0 Å². The maximum Gasteiger partial charge on any atom is -0.693 e. The van der Waals surface area contributed by atoms with Crippen molar-refractivity contribution < 1.29 is 18.8 Å². The summed E-state index contributed by atoms with van der Waals surface area (Å²) in [5, 5.41) is 0. The fraction of sp³-hybridized carbons (Fsp3) is 0. The van der Waals surface area contributed by atoms with Crippen LogP contribution in [0.5, 0.6) is 0 Å². The van der Waals surface area contributed by atoms with Crippen molar-refractivity contribution in [1.82, 2.24) is 0 Å². The van der Waals surface area contributed by atoms with Gasteiger partial charge in [0.05, 0.1) is 0 Å². The van der Waals surface area contributed by atoms with Gasteiger partial charge < -0.3 is 36.9 Å². The molecule has 0 spiro atoms. The monoisotopic (exact) mass is 326 g/mol. The van der Waals surface area contributed by atoms with Gasteiger partial charge in [0.15, 0.2) is 0 Å². The number of hydrogen-bond acceptors (Lipinski definition) is 0. The van der Waals surface area contributed by atoms with Gasteiger partial charge in [-0.3, -0.25) is 0 Å². The van der Waals surface area contributed by atoms with Crippen LogP contribution < -0.4 is 0 Å². The molecule has 0 radical (unpaired) electrons. The molecule has 65 valence electrons. The van der Waals surface area contributed by atoms with E-state index in [1.807, 2.05) is 0 Å².